The third-order valence-electron chi connectivity index (χ3n) is 2.49. The molecule has 2 N–H and O–H groups in total. The summed E-state index contributed by atoms with van der Waals surface area (Å²) in [4.78, 5) is 1.14. The average molecular weight is 341 g/mol. The molecule has 1 aromatic carbocycles. The van der Waals surface area contributed by atoms with Gasteiger partial charge in [-0.25, -0.2) is 0 Å². The zero-order valence-electron chi connectivity index (χ0n) is 10.5. The summed E-state index contributed by atoms with van der Waals surface area (Å²) < 4.78 is 38.5. The Balaban J connectivity index is 3.06. The fourth-order valence-electron chi connectivity index (χ4n) is 1.82. The summed E-state index contributed by atoms with van der Waals surface area (Å²) in [6, 6.07) is 5.08. The van der Waals surface area contributed by atoms with Crippen molar-refractivity contribution in [2.24, 2.45) is 0 Å². The van der Waals surface area contributed by atoms with E-state index >= 15 is 0 Å². The number of anilines is 1. The largest absolute Gasteiger partial charge is 0.405 e. The average Bonchev–Trinajstić information content (AvgIpc) is 2.27. The van der Waals surface area contributed by atoms with Crippen molar-refractivity contribution in [3.63, 3.8) is 0 Å². The lowest BCUT2D eigenvalue weighted by atomic mass is 10.1. The fourth-order valence-corrected chi connectivity index (χ4v) is 2.22. The topological polar surface area (TPSA) is 35.5 Å². The van der Waals surface area contributed by atoms with Crippen molar-refractivity contribution >= 4 is 21.6 Å². The highest BCUT2D eigenvalue weighted by Gasteiger charge is 2.31. The maximum atomic E-state index is 12.6. The van der Waals surface area contributed by atoms with Gasteiger partial charge in [0.15, 0.2) is 0 Å². The molecular weight excluding hydrogens is 325 g/mol. The van der Waals surface area contributed by atoms with E-state index in [1.807, 2.05) is 0 Å². The molecule has 0 saturated heterocycles. The van der Waals surface area contributed by atoms with E-state index in [1.165, 1.54) is 0 Å². The molecule has 0 aliphatic heterocycles. The Hall–Kier alpha value is -0.790. The second-order valence-corrected chi connectivity index (χ2v) is 4.98. The molecule has 0 amide bonds. The third kappa shape index (κ3) is 5.38. The van der Waals surface area contributed by atoms with Crippen molar-refractivity contribution in [2.75, 3.05) is 31.6 Å². The van der Waals surface area contributed by atoms with Gasteiger partial charge in [-0.3, -0.25) is 0 Å². The Morgan fingerprint density at radius 3 is 2.58 bits per heavy atom. The number of hydrogen-bond acceptors (Lipinski definition) is 3. The van der Waals surface area contributed by atoms with Crippen LogP contribution in [0.5, 0.6) is 0 Å². The number of nitrogens with zero attached hydrogens (tertiary/aromatic N) is 1. The molecule has 19 heavy (non-hydrogen) atoms. The molecule has 0 aromatic heterocycles. The minimum Gasteiger partial charge on any atom is -0.395 e. The molecule has 0 fully saturated rings. The lowest BCUT2D eigenvalue weighted by molar-refractivity contribution is -0.119. The van der Waals surface area contributed by atoms with Crippen molar-refractivity contribution in [2.45, 2.75) is 12.7 Å². The minimum atomic E-state index is -4.31. The third-order valence-corrected chi connectivity index (χ3v) is 2.98. The summed E-state index contributed by atoms with van der Waals surface area (Å²) in [7, 11) is 1.73. The Kier molecular flexibility index (Phi) is 6.09. The molecule has 0 atom stereocenters. The van der Waals surface area contributed by atoms with Crippen LogP contribution in [0.3, 0.4) is 0 Å². The van der Waals surface area contributed by atoms with E-state index in [1.54, 1.807) is 25.2 Å². The molecule has 0 aliphatic carbocycles. The van der Waals surface area contributed by atoms with E-state index in [0.29, 0.717) is 12.2 Å². The summed E-state index contributed by atoms with van der Waals surface area (Å²) in [5.74, 6) is 0. The van der Waals surface area contributed by atoms with Crippen LogP contribution in [0.25, 0.3) is 0 Å². The first-order valence-corrected chi connectivity index (χ1v) is 6.52. The van der Waals surface area contributed by atoms with Crippen LogP contribution >= 0.6 is 15.9 Å². The standard InChI is InChI=1S/C12H16BrF3N2O/c1-17-7-9-6-10(13)2-3-11(9)18(4-5-19)8-12(14,15)16/h2-3,6,17,19H,4-5,7-8H2,1H3. The van der Waals surface area contributed by atoms with Gasteiger partial charge >= 0.3 is 6.18 Å². The second kappa shape index (κ2) is 7.12. The number of benzene rings is 1. The van der Waals surface area contributed by atoms with Crippen molar-refractivity contribution in [1.29, 1.82) is 0 Å². The number of aliphatic hydroxyl groups excluding tert-OH is 1. The maximum Gasteiger partial charge on any atom is 0.405 e. The molecule has 1 rings (SSSR count). The number of rotatable bonds is 6. The molecule has 3 nitrogen and oxygen atoms in total. The summed E-state index contributed by atoms with van der Waals surface area (Å²) in [6.07, 6.45) is -4.31. The van der Waals surface area contributed by atoms with Crippen LogP contribution in [0, 0.1) is 0 Å². The Morgan fingerprint density at radius 1 is 1.37 bits per heavy atom. The Morgan fingerprint density at radius 2 is 2.05 bits per heavy atom. The zero-order chi connectivity index (χ0) is 14.5. The van der Waals surface area contributed by atoms with Gasteiger partial charge in [0, 0.05) is 23.2 Å². The first-order chi connectivity index (χ1) is 8.87. The monoisotopic (exact) mass is 340 g/mol. The Labute approximate surface area is 118 Å². The van der Waals surface area contributed by atoms with Gasteiger partial charge in [0.1, 0.15) is 6.54 Å². The van der Waals surface area contributed by atoms with Gasteiger partial charge < -0.3 is 15.3 Å². The first kappa shape index (κ1) is 16.3. The van der Waals surface area contributed by atoms with Gasteiger partial charge in [-0.05, 0) is 30.8 Å². The van der Waals surface area contributed by atoms with Gasteiger partial charge in [0.05, 0.1) is 6.61 Å². The van der Waals surface area contributed by atoms with E-state index in [2.05, 4.69) is 21.2 Å². The van der Waals surface area contributed by atoms with E-state index in [9.17, 15) is 13.2 Å². The lowest BCUT2D eigenvalue weighted by Gasteiger charge is -2.27. The van der Waals surface area contributed by atoms with Crippen LogP contribution in [0.4, 0.5) is 18.9 Å². The van der Waals surface area contributed by atoms with Crippen LogP contribution in [0.2, 0.25) is 0 Å². The highest BCUT2D eigenvalue weighted by Crippen LogP contribution is 2.27. The molecule has 0 heterocycles. The number of alkyl halides is 3. The minimum absolute atomic E-state index is 0.0577. The van der Waals surface area contributed by atoms with Crippen molar-refractivity contribution in [1.82, 2.24) is 5.32 Å². The van der Waals surface area contributed by atoms with Gasteiger partial charge in [-0.2, -0.15) is 13.2 Å². The van der Waals surface area contributed by atoms with Crippen LogP contribution < -0.4 is 10.2 Å². The summed E-state index contributed by atoms with van der Waals surface area (Å²) in [6.45, 7) is -1.01. The molecule has 0 aliphatic rings. The molecule has 7 heteroatoms. The van der Waals surface area contributed by atoms with Crippen molar-refractivity contribution in [3.8, 4) is 0 Å². The number of nitrogens with one attached hydrogen (secondary N) is 1. The fraction of sp³-hybridized carbons (Fsp3) is 0.500. The van der Waals surface area contributed by atoms with Crippen LogP contribution in [-0.4, -0.2) is 38.0 Å². The van der Waals surface area contributed by atoms with E-state index in [0.717, 1.165) is 14.9 Å². The molecule has 0 unspecified atom stereocenters. The quantitative estimate of drug-likeness (QED) is 0.835. The normalized spacial score (nSPS) is 11.7. The SMILES string of the molecule is CNCc1cc(Br)ccc1N(CCO)CC(F)(F)F. The first-order valence-electron chi connectivity index (χ1n) is 5.73. The van der Waals surface area contributed by atoms with Crippen LogP contribution in [0.15, 0.2) is 22.7 Å². The maximum absolute atomic E-state index is 12.6. The zero-order valence-corrected chi connectivity index (χ0v) is 12.1. The van der Waals surface area contributed by atoms with Gasteiger partial charge in [-0.15, -0.1) is 0 Å². The van der Waals surface area contributed by atoms with E-state index in [4.69, 9.17) is 5.11 Å². The van der Waals surface area contributed by atoms with Gasteiger partial charge in [-0.1, -0.05) is 15.9 Å². The number of aliphatic hydroxyl groups is 1. The number of hydrogen-bond donors (Lipinski definition) is 2. The summed E-state index contributed by atoms with van der Waals surface area (Å²) >= 11 is 3.30. The molecular formula is C12H16BrF3N2O. The van der Waals surface area contributed by atoms with E-state index in [-0.39, 0.29) is 13.2 Å². The highest BCUT2D eigenvalue weighted by atomic mass is 79.9. The van der Waals surface area contributed by atoms with E-state index < -0.39 is 12.7 Å². The predicted molar refractivity (Wildman–Crippen MR) is 72.3 cm³/mol. The number of halogens is 4. The summed E-state index contributed by atoms with van der Waals surface area (Å²) in [5.41, 5.74) is 1.22. The predicted octanol–water partition coefficient (Wildman–Crippen LogP) is 2.53. The molecule has 108 valence electrons. The van der Waals surface area contributed by atoms with Crippen LogP contribution in [0.1, 0.15) is 5.56 Å². The molecule has 0 spiro atoms. The van der Waals surface area contributed by atoms with Crippen molar-refractivity contribution in [3.05, 3.63) is 28.2 Å². The second-order valence-electron chi connectivity index (χ2n) is 4.06. The molecule has 0 radical (unpaired) electrons. The Bertz CT molecular complexity index is 412. The summed E-state index contributed by atoms with van der Waals surface area (Å²) in [5, 5.41) is 11.9. The molecule has 0 bridgehead atoms. The highest BCUT2D eigenvalue weighted by molar-refractivity contribution is 9.10. The van der Waals surface area contributed by atoms with Gasteiger partial charge in [0.2, 0.25) is 0 Å². The van der Waals surface area contributed by atoms with Gasteiger partial charge in [0.25, 0.3) is 0 Å². The smallest absolute Gasteiger partial charge is 0.395 e. The van der Waals surface area contributed by atoms with Crippen molar-refractivity contribution < 1.29 is 18.3 Å². The molecule has 1 aromatic rings. The molecule has 0 saturated carbocycles. The lowest BCUT2D eigenvalue weighted by Crippen LogP contribution is -2.37. The van der Waals surface area contributed by atoms with Crippen LogP contribution in [-0.2, 0) is 6.54 Å².